The number of hydrogen-bond donors (Lipinski definition) is 1. The van der Waals surface area contributed by atoms with E-state index >= 15 is 0 Å². The number of carbonyl (C=O) groups excluding carboxylic acids is 2. The molecule has 1 saturated heterocycles. The number of hydrogen-bond acceptors (Lipinski definition) is 7. The van der Waals surface area contributed by atoms with Crippen molar-refractivity contribution in [3.05, 3.63) is 41.8 Å². The summed E-state index contributed by atoms with van der Waals surface area (Å²) in [6.07, 6.45) is 4.05. The molecule has 1 atom stereocenters. The highest BCUT2D eigenvalue weighted by Gasteiger charge is 2.34. The van der Waals surface area contributed by atoms with Crippen molar-refractivity contribution in [1.29, 1.82) is 0 Å². The molecule has 2 aromatic heterocycles. The molecule has 3 rings (SSSR count). The van der Waals surface area contributed by atoms with E-state index in [1.807, 2.05) is 12.1 Å². The Morgan fingerprint density at radius 3 is 3.00 bits per heavy atom. The molecule has 9 heteroatoms. The van der Waals surface area contributed by atoms with E-state index in [4.69, 9.17) is 9.26 Å². The van der Waals surface area contributed by atoms with Crippen LogP contribution in [0.4, 0.5) is 0 Å². The predicted molar refractivity (Wildman–Crippen MR) is 89.5 cm³/mol. The highest BCUT2D eigenvalue weighted by molar-refractivity contribution is 5.89. The zero-order valence-electron chi connectivity index (χ0n) is 14.6. The van der Waals surface area contributed by atoms with E-state index in [0.29, 0.717) is 37.8 Å². The third-order valence-corrected chi connectivity index (χ3v) is 4.13. The predicted octanol–water partition coefficient (Wildman–Crippen LogP) is 0.318. The molecule has 0 aliphatic carbocycles. The Morgan fingerprint density at radius 2 is 2.23 bits per heavy atom. The largest absolute Gasteiger partial charge is 0.377 e. The van der Waals surface area contributed by atoms with Gasteiger partial charge in [-0.1, -0.05) is 5.16 Å². The lowest BCUT2D eigenvalue weighted by molar-refractivity contribution is -0.129. The first-order valence-corrected chi connectivity index (χ1v) is 8.40. The van der Waals surface area contributed by atoms with Crippen LogP contribution in [0.15, 0.2) is 29.0 Å². The molecule has 26 heavy (non-hydrogen) atoms. The molecular formula is C17H21N5O4. The molecule has 0 radical (unpaired) electrons. The highest BCUT2D eigenvalue weighted by atomic mass is 16.5. The van der Waals surface area contributed by atoms with Crippen molar-refractivity contribution in [3.8, 4) is 0 Å². The van der Waals surface area contributed by atoms with E-state index in [2.05, 4.69) is 20.4 Å². The lowest BCUT2D eigenvalue weighted by Gasteiger charge is -2.16. The first kappa shape index (κ1) is 18.0. The number of carbonyl (C=O) groups is 2. The Kier molecular flexibility index (Phi) is 5.90. The number of likely N-dealkylation sites (tertiary alicyclic amines) is 1. The van der Waals surface area contributed by atoms with E-state index in [-0.39, 0.29) is 30.8 Å². The maximum atomic E-state index is 12.3. The van der Waals surface area contributed by atoms with Crippen molar-refractivity contribution in [3.63, 3.8) is 0 Å². The minimum Gasteiger partial charge on any atom is -0.377 e. The topological polar surface area (TPSA) is 110 Å². The second-order valence-electron chi connectivity index (χ2n) is 6.11. The van der Waals surface area contributed by atoms with Crippen LogP contribution in [0, 0.1) is 5.92 Å². The van der Waals surface area contributed by atoms with Gasteiger partial charge in [0.15, 0.2) is 5.82 Å². The Labute approximate surface area is 150 Å². The van der Waals surface area contributed by atoms with E-state index < -0.39 is 0 Å². The number of nitrogens with zero attached hydrogens (tertiary/aromatic N) is 4. The van der Waals surface area contributed by atoms with Gasteiger partial charge in [-0.2, -0.15) is 4.98 Å². The summed E-state index contributed by atoms with van der Waals surface area (Å²) in [5, 5.41) is 6.59. The number of amides is 2. The molecule has 0 saturated carbocycles. The lowest BCUT2D eigenvalue weighted by atomic mass is 10.1. The third kappa shape index (κ3) is 4.63. The molecule has 0 unspecified atom stereocenters. The Bertz CT molecular complexity index is 749. The van der Waals surface area contributed by atoms with Gasteiger partial charge in [0.2, 0.25) is 17.7 Å². The number of nitrogens with one attached hydrogen (secondary N) is 1. The molecule has 1 aliphatic heterocycles. The van der Waals surface area contributed by atoms with Crippen LogP contribution in [-0.2, 0) is 33.9 Å². The SMILES string of the molecule is COCc1noc(CCNC(=O)[C@H]2CC(=O)N(Cc3ccncc3)C2)n1. The average molecular weight is 359 g/mol. The van der Waals surface area contributed by atoms with Gasteiger partial charge in [-0.05, 0) is 17.7 Å². The summed E-state index contributed by atoms with van der Waals surface area (Å²) in [6.45, 7) is 1.58. The van der Waals surface area contributed by atoms with Gasteiger partial charge in [-0.25, -0.2) is 0 Å². The molecule has 1 N–H and O–H groups in total. The molecule has 1 aliphatic rings. The van der Waals surface area contributed by atoms with Crippen molar-refractivity contribution in [2.45, 2.75) is 26.0 Å². The van der Waals surface area contributed by atoms with Gasteiger partial charge in [0.05, 0.1) is 5.92 Å². The van der Waals surface area contributed by atoms with Crippen LogP contribution in [0.25, 0.3) is 0 Å². The van der Waals surface area contributed by atoms with Crippen molar-refractivity contribution < 1.29 is 18.8 Å². The summed E-state index contributed by atoms with van der Waals surface area (Å²) in [7, 11) is 1.55. The number of aromatic nitrogens is 3. The standard InChI is InChI=1S/C17H21N5O4/c1-25-11-14-20-15(26-21-14)4-7-19-17(24)13-8-16(23)22(10-13)9-12-2-5-18-6-3-12/h2-3,5-6,13H,4,7-11H2,1H3,(H,19,24)/t13-/m0/s1. The fraction of sp³-hybridized carbons (Fsp3) is 0.471. The maximum Gasteiger partial charge on any atom is 0.228 e. The van der Waals surface area contributed by atoms with E-state index in [9.17, 15) is 9.59 Å². The fourth-order valence-electron chi connectivity index (χ4n) is 2.83. The molecule has 2 amide bonds. The van der Waals surface area contributed by atoms with Gasteiger partial charge in [0, 0.05) is 52.0 Å². The Morgan fingerprint density at radius 1 is 1.42 bits per heavy atom. The van der Waals surface area contributed by atoms with Gasteiger partial charge in [-0.3, -0.25) is 14.6 Å². The Balaban J connectivity index is 1.44. The van der Waals surface area contributed by atoms with Crippen LogP contribution < -0.4 is 5.32 Å². The smallest absolute Gasteiger partial charge is 0.228 e. The molecule has 1 fully saturated rings. The van der Waals surface area contributed by atoms with Gasteiger partial charge in [0.1, 0.15) is 6.61 Å². The second kappa shape index (κ2) is 8.52. The molecule has 9 nitrogen and oxygen atoms in total. The lowest BCUT2D eigenvalue weighted by Crippen LogP contribution is -2.34. The monoisotopic (exact) mass is 359 g/mol. The van der Waals surface area contributed by atoms with Crippen LogP contribution >= 0.6 is 0 Å². The Hall–Kier alpha value is -2.81. The molecule has 3 heterocycles. The summed E-state index contributed by atoms with van der Waals surface area (Å²) in [6, 6.07) is 3.73. The second-order valence-corrected chi connectivity index (χ2v) is 6.11. The van der Waals surface area contributed by atoms with Gasteiger partial charge < -0.3 is 19.5 Å². The number of pyridine rings is 1. The van der Waals surface area contributed by atoms with Gasteiger partial charge in [0.25, 0.3) is 0 Å². The van der Waals surface area contributed by atoms with Gasteiger partial charge >= 0.3 is 0 Å². The third-order valence-electron chi connectivity index (χ3n) is 4.13. The molecule has 0 aromatic carbocycles. The first-order valence-electron chi connectivity index (χ1n) is 8.40. The van der Waals surface area contributed by atoms with Crippen molar-refractivity contribution in [2.75, 3.05) is 20.2 Å². The summed E-state index contributed by atoms with van der Waals surface area (Å²) in [4.78, 5) is 34.2. The number of rotatable bonds is 8. The molecule has 138 valence electrons. The van der Waals surface area contributed by atoms with Crippen molar-refractivity contribution in [1.82, 2.24) is 25.3 Å². The zero-order valence-corrected chi connectivity index (χ0v) is 14.6. The molecule has 0 spiro atoms. The minimum atomic E-state index is -0.337. The maximum absolute atomic E-state index is 12.3. The van der Waals surface area contributed by atoms with E-state index in [0.717, 1.165) is 5.56 Å². The summed E-state index contributed by atoms with van der Waals surface area (Å²) in [5.74, 6) is 0.437. The van der Waals surface area contributed by atoms with Crippen LogP contribution in [0.1, 0.15) is 23.7 Å². The normalized spacial score (nSPS) is 16.9. The molecule has 0 bridgehead atoms. The number of ether oxygens (including phenoxy) is 1. The van der Waals surface area contributed by atoms with Crippen LogP contribution in [-0.4, -0.2) is 52.0 Å². The van der Waals surface area contributed by atoms with Gasteiger partial charge in [-0.15, -0.1) is 0 Å². The highest BCUT2D eigenvalue weighted by Crippen LogP contribution is 2.20. The van der Waals surface area contributed by atoms with Crippen LogP contribution in [0.3, 0.4) is 0 Å². The van der Waals surface area contributed by atoms with E-state index in [1.165, 1.54) is 0 Å². The number of methoxy groups -OCH3 is 1. The fourth-order valence-corrected chi connectivity index (χ4v) is 2.83. The zero-order chi connectivity index (χ0) is 18.4. The van der Waals surface area contributed by atoms with Crippen LogP contribution in [0.2, 0.25) is 0 Å². The van der Waals surface area contributed by atoms with Crippen LogP contribution in [0.5, 0.6) is 0 Å². The first-order chi connectivity index (χ1) is 12.7. The summed E-state index contributed by atoms with van der Waals surface area (Å²) in [5.41, 5.74) is 0.998. The van der Waals surface area contributed by atoms with Crippen molar-refractivity contribution in [2.24, 2.45) is 5.92 Å². The quantitative estimate of drug-likeness (QED) is 0.722. The minimum absolute atomic E-state index is 0.0110. The summed E-state index contributed by atoms with van der Waals surface area (Å²) < 4.78 is 9.98. The van der Waals surface area contributed by atoms with Crippen molar-refractivity contribution >= 4 is 11.8 Å². The molecule has 2 aromatic rings. The molecular weight excluding hydrogens is 338 g/mol. The van der Waals surface area contributed by atoms with E-state index in [1.54, 1.807) is 24.4 Å². The summed E-state index contributed by atoms with van der Waals surface area (Å²) >= 11 is 0. The average Bonchev–Trinajstić information content (AvgIpc) is 3.23.